The van der Waals surface area contributed by atoms with E-state index in [0.717, 1.165) is 29.0 Å². The second-order valence-corrected chi connectivity index (χ2v) is 5.76. The van der Waals surface area contributed by atoms with E-state index in [1.54, 1.807) is 12.1 Å². The Bertz CT molecular complexity index is 710. The molecule has 2 aromatic carbocycles. The first-order chi connectivity index (χ1) is 10.9. The van der Waals surface area contributed by atoms with E-state index in [0.29, 0.717) is 5.69 Å². The monoisotopic (exact) mass is 313 g/mol. The van der Waals surface area contributed by atoms with Crippen LogP contribution in [-0.4, -0.2) is 31.9 Å². The highest BCUT2D eigenvalue weighted by atomic mass is 19.1. The third-order valence-corrected chi connectivity index (χ3v) is 3.97. The van der Waals surface area contributed by atoms with E-state index in [9.17, 15) is 4.39 Å². The largest absolute Gasteiger partial charge is 0.366 e. The molecule has 0 unspecified atom stereocenters. The first kappa shape index (κ1) is 17.0. The number of para-hydroxylation sites is 1. The summed E-state index contributed by atoms with van der Waals surface area (Å²) >= 11 is 0. The lowest BCUT2D eigenvalue weighted by atomic mass is 10.1. The molecule has 0 spiro atoms. The summed E-state index contributed by atoms with van der Waals surface area (Å²) in [6.07, 6.45) is 1.83. The van der Waals surface area contributed by atoms with Crippen LogP contribution in [0.2, 0.25) is 0 Å². The van der Waals surface area contributed by atoms with E-state index in [-0.39, 0.29) is 5.82 Å². The van der Waals surface area contributed by atoms with Crippen molar-refractivity contribution in [3.05, 3.63) is 53.3 Å². The van der Waals surface area contributed by atoms with E-state index >= 15 is 0 Å². The first-order valence-corrected chi connectivity index (χ1v) is 7.78. The molecule has 4 heteroatoms. The molecule has 0 amide bonds. The summed E-state index contributed by atoms with van der Waals surface area (Å²) in [7, 11) is 3.87. The van der Waals surface area contributed by atoms with Gasteiger partial charge in [0, 0.05) is 26.3 Å². The Morgan fingerprint density at radius 1 is 1.09 bits per heavy atom. The summed E-state index contributed by atoms with van der Waals surface area (Å²) in [6, 6.07) is 10.9. The highest BCUT2D eigenvalue weighted by Crippen LogP contribution is 2.34. The third-order valence-electron chi connectivity index (χ3n) is 3.97. The van der Waals surface area contributed by atoms with E-state index in [1.165, 1.54) is 6.07 Å². The number of rotatable bonds is 5. The van der Waals surface area contributed by atoms with E-state index in [2.05, 4.69) is 18.0 Å². The van der Waals surface area contributed by atoms with Gasteiger partial charge < -0.3 is 9.80 Å². The van der Waals surface area contributed by atoms with Crippen molar-refractivity contribution in [2.24, 2.45) is 4.99 Å². The summed E-state index contributed by atoms with van der Waals surface area (Å²) in [5.74, 6) is -0.230. The molecule has 0 N–H and O–H groups in total. The van der Waals surface area contributed by atoms with Crippen molar-refractivity contribution in [3.63, 3.8) is 0 Å². The van der Waals surface area contributed by atoms with Crippen molar-refractivity contribution < 1.29 is 4.39 Å². The topological polar surface area (TPSA) is 18.8 Å². The van der Waals surface area contributed by atoms with Crippen molar-refractivity contribution >= 4 is 23.4 Å². The van der Waals surface area contributed by atoms with Crippen LogP contribution in [0, 0.1) is 19.7 Å². The summed E-state index contributed by atoms with van der Waals surface area (Å²) in [5.41, 5.74) is 4.55. The molecule has 23 heavy (non-hydrogen) atoms. The molecule has 122 valence electrons. The van der Waals surface area contributed by atoms with Crippen LogP contribution in [0.15, 0.2) is 41.4 Å². The Labute approximate surface area is 138 Å². The fourth-order valence-corrected chi connectivity index (χ4v) is 2.40. The number of benzene rings is 2. The molecule has 0 bridgehead atoms. The second kappa shape index (κ2) is 7.27. The average Bonchev–Trinajstić information content (AvgIpc) is 2.54. The van der Waals surface area contributed by atoms with Gasteiger partial charge in [0.25, 0.3) is 0 Å². The molecule has 0 fully saturated rings. The molecule has 0 atom stereocenters. The van der Waals surface area contributed by atoms with Crippen molar-refractivity contribution in [1.82, 2.24) is 4.90 Å². The van der Waals surface area contributed by atoms with Crippen molar-refractivity contribution in [1.29, 1.82) is 0 Å². The fourth-order valence-electron chi connectivity index (χ4n) is 2.40. The Balaban J connectivity index is 2.45. The number of halogens is 1. The molecule has 0 saturated carbocycles. The van der Waals surface area contributed by atoms with E-state index in [4.69, 9.17) is 0 Å². The molecule has 0 aliphatic rings. The van der Waals surface area contributed by atoms with Crippen molar-refractivity contribution in [2.75, 3.05) is 25.5 Å². The number of hydrogen-bond acceptors (Lipinski definition) is 2. The fraction of sp³-hybridized carbons (Fsp3) is 0.316. The van der Waals surface area contributed by atoms with Gasteiger partial charge in [0.15, 0.2) is 0 Å². The minimum atomic E-state index is -0.230. The maximum Gasteiger partial charge on any atom is 0.146 e. The number of nitrogens with zero attached hydrogens (tertiary/aromatic N) is 3. The van der Waals surface area contributed by atoms with Crippen LogP contribution >= 0.6 is 0 Å². The van der Waals surface area contributed by atoms with Gasteiger partial charge >= 0.3 is 0 Å². The predicted molar refractivity (Wildman–Crippen MR) is 96.8 cm³/mol. The van der Waals surface area contributed by atoms with Crippen LogP contribution in [0.1, 0.15) is 18.1 Å². The summed E-state index contributed by atoms with van der Waals surface area (Å²) in [4.78, 5) is 8.47. The maximum atomic E-state index is 14.1. The lowest BCUT2D eigenvalue weighted by molar-refractivity contribution is 0.552. The van der Waals surface area contributed by atoms with Crippen LogP contribution < -0.4 is 4.90 Å². The van der Waals surface area contributed by atoms with Crippen LogP contribution in [0.5, 0.6) is 0 Å². The third kappa shape index (κ3) is 3.89. The zero-order valence-corrected chi connectivity index (χ0v) is 14.5. The molecule has 3 nitrogen and oxygen atoms in total. The number of hydrogen-bond donors (Lipinski definition) is 0. The summed E-state index contributed by atoms with van der Waals surface area (Å²) in [6.45, 7) is 7.02. The van der Waals surface area contributed by atoms with Gasteiger partial charge in [-0.15, -0.1) is 0 Å². The molecule has 0 radical (unpaired) electrons. The van der Waals surface area contributed by atoms with Gasteiger partial charge in [0.2, 0.25) is 0 Å². The normalized spacial score (nSPS) is 11.0. The summed E-state index contributed by atoms with van der Waals surface area (Å²) in [5, 5.41) is 0. The van der Waals surface area contributed by atoms with Gasteiger partial charge in [-0.2, -0.15) is 0 Å². The van der Waals surface area contributed by atoms with E-state index < -0.39 is 0 Å². The SMILES string of the molecule is CCN(C)/C=N/c1cc(C)cc(N(C)c2ccccc2F)c1C. The summed E-state index contributed by atoms with van der Waals surface area (Å²) < 4.78 is 14.1. The zero-order valence-electron chi connectivity index (χ0n) is 14.5. The van der Waals surface area contributed by atoms with Crippen molar-refractivity contribution in [3.8, 4) is 0 Å². The first-order valence-electron chi connectivity index (χ1n) is 7.78. The molecular weight excluding hydrogens is 289 g/mol. The van der Waals surface area contributed by atoms with Crippen molar-refractivity contribution in [2.45, 2.75) is 20.8 Å². The molecule has 0 heterocycles. The smallest absolute Gasteiger partial charge is 0.146 e. The van der Waals surface area contributed by atoms with E-state index in [1.807, 2.05) is 56.2 Å². The van der Waals surface area contributed by atoms with Gasteiger partial charge in [-0.05, 0) is 56.2 Å². The highest BCUT2D eigenvalue weighted by molar-refractivity contribution is 5.74. The lowest BCUT2D eigenvalue weighted by Gasteiger charge is -2.23. The van der Waals surface area contributed by atoms with Crippen LogP contribution in [0.25, 0.3) is 0 Å². The number of anilines is 2. The zero-order chi connectivity index (χ0) is 17.0. The van der Waals surface area contributed by atoms with Gasteiger partial charge in [-0.3, -0.25) is 0 Å². The Morgan fingerprint density at radius 3 is 2.43 bits per heavy atom. The van der Waals surface area contributed by atoms with Gasteiger partial charge in [-0.1, -0.05) is 12.1 Å². The van der Waals surface area contributed by atoms with Gasteiger partial charge in [0.1, 0.15) is 5.82 Å². The maximum absolute atomic E-state index is 14.1. The molecule has 2 rings (SSSR count). The highest BCUT2D eigenvalue weighted by Gasteiger charge is 2.13. The van der Waals surface area contributed by atoms with Crippen LogP contribution in [-0.2, 0) is 0 Å². The minimum Gasteiger partial charge on any atom is -0.366 e. The Morgan fingerprint density at radius 2 is 1.78 bits per heavy atom. The molecule has 0 aliphatic heterocycles. The lowest BCUT2D eigenvalue weighted by Crippen LogP contribution is -2.15. The second-order valence-electron chi connectivity index (χ2n) is 5.76. The quantitative estimate of drug-likeness (QED) is 0.582. The number of aryl methyl sites for hydroxylation is 1. The van der Waals surface area contributed by atoms with Gasteiger partial charge in [-0.25, -0.2) is 9.38 Å². The molecular formula is C19H24FN3. The molecule has 0 saturated heterocycles. The average molecular weight is 313 g/mol. The van der Waals surface area contributed by atoms with Crippen LogP contribution in [0.3, 0.4) is 0 Å². The Kier molecular flexibility index (Phi) is 5.37. The Hall–Kier alpha value is -2.36. The van der Waals surface area contributed by atoms with Gasteiger partial charge in [0.05, 0.1) is 17.7 Å². The minimum absolute atomic E-state index is 0.230. The predicted octanol–water partition coefficient (Wildman–Crippen LogP) is 4.82. The molecule has 2 aromatic rings. The van der Waals surface area contributed by atoms with Crippen LogP contribution in [0.4, 0.5) is 21.5 Å². The standard InChI is InChI=1S/C19H24FN3/c1-6-22(4)13-21-17-11-14(2)12-19(15(17)3)23(5)18-10-8-7-9-16(18)20/h7-13H,6H2,1-5H3/b21-13+. The number of aliphatic imine (C=N–C) groups is 1. The molecule has 0 aromatic heterocycles. The molecule has 0 aliphatic carbocycles.